The maximum atomic E-state index is 8.41. The van der Waals surface area contributed by atoms with Gasteiger partial charge in [0.05, 0.1) is 11.7 Å². The molecule has 0 spiro atoms. The van der Waals surface area contributed by atoms with Gasteiger partial charge in [-0.05, 0) is 63.7 Å². The minimum absolute atomic E-state index is 0.176. The highest BCUT2D eigenvalue weighted by molar-refractivity contribution is 6.69. The van der Waals surface area contributed by atoms with Crippen molar-refractivity contribution in [2.75, 3.05) is 6.54 Å². The lowest BCUT2D eigenvalue weighted by molar-refractivity contribution is -0.0351. The molecule has 21 heavy (non-hydrogen) atoms. The Balaban J connectivity index is 2.18. The van der Waals surface area contributed by atoms with Crippen molar-refractivity contribution in [3.63, 3.8) is 0 Å². The van der Waals surface area contributed by atoms with Crippen LogP contribution in [0.4, 0.5) is 0 Å². The van der Waals surface area contributed by atoms with Crippen LogP contribution in [0.3, 0.4) is 0 Å². The van der Waals surface area contributed by atoms with E-state index in [1.54, 1.807) is 0 Å². The van der Waals surface area contributed by atoms with Crippen molar-refractivity contribution in [3.05, 3.63) is 23.1 Å². The molecule has 1 saturated heterocycles. The highest BCUT2D eigenvalue weighted by atomic mass is 28.4. The van der Waals surface area contributed by atoms with E-state index in [4.69, 9.17) is 14.7 Å². The highest BCUT2D eigenvalue weighted by Gasteiger charge is 2.70. The Hall–Kier alpha value is -0.813. The molecule has 0 aromatic carbocycles. The number of azide groups is 1. The first-order chi connectivity index (χ1) is 9.89. The number of nitrogens with zero attached hydrogens (tertiary/aromatic N) is 3. The number of rotatable bonds is 8. The van der Waals surface area contributed by atoms with Crippen LogP contribution < -0.4 is 0 Å². The average Bonchev–Trinajstić information content (AvgIpc) is 3.09. The van der Waals surface area contributed by atoms with E-state index in [-0.39, 0.29) is 11.2 Å². The van der Waals surface area contributed by atoms with E-state index in [0.29, 0.717) is 12.6 Å². The molecule has 1 aliphatic heterocycles. The molecule has 0 aromatic heterocycles. The monoisotopic (exact) mass is 309 g/mol. The van der Waals surface area contributed by atoms with Crippen molar-refractivity contribution in [2.45, 2.75) is 75.5 Å². The van der Waals surface area contributed by atoms with Crippen molar-refractivity contribution in [3.8, 4) is 0 Å². The van der Waals surface area contributed by atoms with Crippen molar-refractivity contribution in [2.24, 2.45) is 5.11 Å². The fourth-order valence-corrected chi connectivity index (χ4v) is 5.41. The lowest BCUT2D eigenvalue weighted by Crippen LogP contribution is -2.55. The number of hydrogen-bond acceptors (Lipinski definition) is 3. The zero-order valence-corrected chi connectivity index (χ0v) is 14.5. The average molecular weight is 309 g/mol. The summed E-state index contributed by atoms with van der Waals surface area (Å²) in [4.78, 5) is 2.83. The largest absolute Gasteiger partial charge is 0.409 e. The summed E-state index contributed by atoms with van der Waals surface area (Å²) < 4.78 is 12.8. The Kier molecular flexibility index (Phi) is 4.83. The van der Waals surface area contributed by atoms with Gasteiger partial charge in [-0.1, -0.05) is 11.2 Å². The first-order valence-corrected chi connectivity index (χ1v) is 11.3. The Morgan fingerprint density at radius 2 is 2.29 bits per heavy atom. The normalized spacial score (nSPS) is 34.7. The van der Waals surface area contributed by atoms with Crippen molar-refractivity contribution >= 4 is 8.32 Å². The van der Waals surface area contributed by atoms with Crippen molar-refractivity contribution in [1.29, 1.82) is 0 Å². The molecule has 118 valence electrons. The minimum atomic E-state index is -1.68. The second kappa shape index (κ2) is 6.13. The Morgan fingerprint density at radius 3 is 2.90 bits per heavy atom. The van der Waals surface area contributed by atoms with E-state index in [1.807, 2.05) is 6.08 Å². The molecule has 3 atom stereocenters. The van der Waals surface area contributed by atoms with Gasteiger partial charge in [-0.15, -0.1) is 6.58 Å². The van der Waals surface area contributed by atoms with Crippen LogP contribution in [0.25, 0.3) is 10.4 Å². The zero-order chi connectivity index (χ0) is 15.6. The molecule has 0 amide bonds. The van der Waals surface area contributed by atoms with Gasteiger partial charge in [-0.25, -0.2) is 0 Å². The van der Waals surface area contributed by atoms with Gasteiger partial charge in [0.1, 0.15) is 5.60 Å². The van der Waals surface area contributed by atoms with E-state index in [1.165, 1.54) is 0 Å². The van der Waals surface area contributed by atoms with Crippen LogP contribution in [0.2, 0.25) is 19.6 Å². The van der Waals surface area contributed by atoms with Gasteiger partial charge in [0.15, 0.2) is 8.32 Å². The molecule has 1 saturated carbocycles. The quantitative estimate of drug-likeness (QED) is 0.125. The molecule has 0 radical (unpaired) electrons. The van der Waals surface area contributed by atoms with Crippen LogP contribution in [0.1, 0.15) is 38.5 Å². The van der Waals surface area contributed by atoms with Crippen LogP contribution >= 0.6 is 0 Å². The van der Waals surface area contributed by atoms with Crippen LogP contribution in [0.5, 0.6) is 0 Å². The number of hydrogen-bond donors (Lipinski definition) is 0. The van der Waals surface area contributed by atoms with E-state index in [2.05, 4.69) is 36.2 Å². The molecular weight excluding hydrogens is 282 g/mol. The summed E-state index contributed by atoms with van der Waals surface area (Å²) in [6, 6.07) is 0. The summed E-state index contributed by atoms with van der Waals surface area (Å²) in [5.74, 6) is 0. The molecule has 0 unspecified atom stereocenters. The van der Waals surface area contributed by atoms with E-state index in [9.17, 15) is 0 Å². The van der Waals surface area contributed by atoms with Gasteiger partial charge >= 0.3 is 0 Å². The fourth-order valence-electron chi connectivity index (χ4n) is 3.88. The topological polar surface area (TPSA) is 70.5 Å². The number of epoxide rings is 1. The minimum Gasteiger partial charge on any atom is -0.409 e. The molecule has 6 heteroatoms. The Morgan fingerprint density at radius 1 is 1.52 bits per heavy atom. The van der Waals surface area contributed by atoms with Gasteiger partial charge in [-0.2, -0.15) is 0 Å². The first kappa shape index (κ1) is 16.6. The molecule has 1 aliphatic carbocycles. The highest BCUT2D eigenvalue weighted by Crippen LogP contribution is 2.59. The fraction of sp³-hybridized carbons (Fsp3) is 0.867. The van der Waals surface area contributed by atoms with E-state index < -0.39 is 8.32 Å². The predicted molar refractivity (Wildman–Crippen MR) is 86.7 cm³/mol. The van der Waals surface area contributed by atoms with Gasteiger partial charge in [0.2, 0.25) is 0 Å². The van der Waals surface area contributed by atoms with Crippen molar-refractivity contribution < 1.29 is 9.16 Å². The first-order valence-electron chi connectivity index (χ1n) is 7.89. The van der Waals surface area contributed by atoms with Crippen LogP contribution in [0.15, 0.2) is 17.8 Å². The second-order valence-corrected chi connectivity index (χ2v) is 11.6. The van der Waals surface area contributed by atoms with Gasteiger partial charge in [0, 0.05) is 11.5 Å². The van der Waals surface area contributed by atoms with Crippen LogP contribution in [-0.2, 0) is 9.16 Å². The SMILES string of the molecule is C=CC[C@@]1(O[Si](C)(C)C)CCC[C@@H]2O[C@@]21CCCN=[N+]=[N-]. The molecule has 0 bridgehead atoms. The third kappa shape index (κ3) is 3.34. The third-order valence-corrected chi connectivity index (χ3v) is 5.48. The lowest BCUT2D eigenvalue weighted by atomic mass is 9.71. The number of fused-ring (bicyclic) bond motifs is 1. The molecular formula is C15H27N3O2Si. The molecule has 0 N–H and O–H groups in total. The Bertz CT molecular complexity index is 445. The third-order valence-electron chi connectivity index (χ3n) is 4.48. The maximum absolute atomic E-state index is 8.41. The van der Waals surface area contributed by atoms with Gasteiger partial charge in [-0.3, -0.25) is 0 Å². The van der Waals surface area contributed by atoms with Gasteiger partial charge < -0.3 is 9.16 Å². The summed E-state index contributed by atoms with van der Waals surface area (Å²) >= 11 is 0. The summed E-state index contributed by atoms with van der Waals surface area (Å²) in [5.41, 5.74) is 8.01. The molecule has 2 fully saturated rings. The molecule has 2 aliphatic rings. The van der Waals surface area contributed by atoms with E-state index in [0.717, 1.165) is 38.5 Å². The van der Waals surface area contributed by atoms with Gasteiger partial charge in [0.25, 0.3) is 0 Å². The van der Waals surface area contributed by atoms with E-state index >= 15 is 0 Å². The zero-order valence-electron chi connectivity index (χ0n) is 13.5. The summed E-state index contributed by atoms with van der Waals surface area (Å²) in [5, 5.41) is 3.65. The smallest absolute Gasteiger partial charge is 0.184 e. The molecule has 1 heterocycles. The molecule has 5 nitrogen and oxygen atoms in total. The summed E-state index contributed by atoms with van der Waals surface area (Å²) in [6.07, 6.45) is 8.21. The van der Waals surface area contributed by atoms with Crippen LogP contribution in [0, 0.1) is 0 Å². The summed E-state index contributed by atoms with van der Waals surface area (Å²) in [6.45, 7) is 11.2. The Labute approximate surface area is 128 Å². The predicted octanol–water partition coefficient (Wildman–Crippen LogP) is 4.56. The standard InChI is InChI=1S/C15H27N3O2Si/c1-5-9-14(20-21(2,3)4)10-6-8-13-15(14,19-13)11-7-12-17-18-16/h5,13H,1,6-12H2,2-4H3/t13-,14+,15-/m0/s1. The molecule has 0 aromatic rings. The summed E-state index contributed by atoms with van der Waals surface area (Å²) in [7, 11) is -1.68. The van der Waals surface area contributed by atoms with Crippen LogP contribution in [-0.4, -0.2) is 32.2 Å². The maximum Gasteiger partial charge on any atom is 0.184 e. The van der Waals surface area contributed by atoms with Crippen molar-refractivity contribution in [1.82, 2.24) is 0 Å². The second-order valence-electron chi connectivity index (χ2n) is 7.15. The molecule has 2 rings (SSSR count). The lowest BCUT2D eigenvalue weighted by Gasteiger charge is -2.45. The number of ether oxygens (including phenoxy) is 1.